The summed E-state index contributed by atoms with van der Waals surface area (Å²) in [5.41, 5.74) is -0.0391. The number of carbonyl (C=O) groups is 1. The Labute approximate surface area is 127 Å². The molecule has 114 valence electrons. The molecule has 1 heterocycles. The maximum atomic E-state index is 11.5. The first-order valence-electron chi connectivity index (χ1n) is 6.82. The topological polar surface area (TPSA) is 83.7 Å². The largest absolute Gasteiger partial charge is 0.478 e. The van der Waals surface area contributed by atoms with E-state index in [0.29, 0.717) is 5.69 Å². The van der Waals surface area contributed by atoms with Crippen molar-refractivity contribution < 1.29 is 14.8 Å². The summed E-state index contributed by atoms with van der Waals surface area (Å²) in [5.74, 6) is -1.21. The maximum absolute atomic E-state index is 11.5. The standard InChI is InChI=1S/C14H17ClN2O4/c1-8-4-3-5-9(2)16(8)13-11(14(18)19)6-10(17(20)21)7-12(13)15/h6-9H,3-5H2,1-2H3,(H,18,19)/t8-,9+. The first kappa shape index (κ1) is 15.6. The Morgan fingerprint density at radius 3 is 2.43 bits per heavy atom. The van der Waals surface area contributed by atoms with Crippen LogP contribution in [0.15, 0.2) is 12.1 Å². The number of non-ortho nitro benzene ring substituents is 1. The van der Waals surface area contributed by atoms with Crippen LogP contribution in [0.1, 0.15) is 43.5 Å². The molecule has 7 heteroatoms. The summed E-state index contributed by atoms with van der Waals surface area (Å²) in [7, 11) is 0. The van der Waals surface area contributed by atoms with Gasteiger partial charge in [-0.25, -0.2) is 4.79 Å². The zero-order chi connectivity index (χ0) is 15.7. The van der Waals surface area contributed by atoms with E-state index in [9.17, 15) is 20.0 Å². The lowest BCUT2D eigenvalue weighted by atomic mass is 9.95. The van der Waals surface area contributed by atoms with E-state index in [1.54, 1.807) is 0 Å². The third-order valence-corrected chi connectivity index (χ3v) is 4.23. The Kier molecular flexibility index (Phi) is 4.37. The molecule has 2 atom stereocenters. The van der Waals surface area contributed by atoms with Crippen LogP contribution < -0.4 is 4.90 Å². The van der Waals surface area contributed by atoms with Crippen molar-refractivity contribution in [1.29, 1.82) is 0 Å². The Hall–Kier alpha value is -1.82. The molecule has 1 aromatic rings. The number of rotatable bonds is 3. The molecule has 1 aliphatic heterocycles. The van der Waals surface area contributed by atoms with Gasteiger partial charge in [0.2, 0.25) is 0 Å². The van der Waals surface area contributed by atoms with Crippen molar-refractivity contribution >= 4 is 28.9 Å². The van der Waals surface area contributed by atoms with Crippen LogP contribution in [0.25, 0.3) is 0 Å². The van der Waals surface area contributed by atoms with Gasteiger partial charge in [0, 0.05) is 24.2 Å². The van der Waals surface area contributed by atoms with E-state index in [1.807, 2.05) is 18.7 Å². The van der Waals surface area contributed by atoms with Gasteiger partial charge in [-0.3, -0.25) is 10.1 Å². The third kappa shape index (κ3) is 2.95. The van der Waals surface area contributed by atoms with Crippen molar-refractivity contribution in [1.82, 2.24) is 0 Å². The van der Waals surface area contributed by atoms with E-state index in [-0.39, 0.29) is 28.4 Å². The Balaban J connectivity index is 2.61. The normalized spacial score (nSPS) is 22.1. The summed E-state index contributed by atoms with van der Waals surface area (Å²) in [6.07, 6.45) is 2.96. The number of carboxylic acids is 1. The highest BCUT2D eigenvalue weighted by molar-refractivity contribution is 6.34. The number of piperidine rings is 1. The van der Waals surface area contributed by atoms with Crippen molar-refractivity contribution in [2.75, 3.05) is 4.90 Å². The molecule has 0 amide bonds. The first-order chi connectivity index (χ1) is 9.82. The smallest absolute Gasteiger partial charge is 0.338 e. The van der Waals surface area contributed by atoms with Gasteiger partial charge in [0.05, 0.1) is 21.2 Å². The van der Waals surface area contributed by atoms with Gasteiger partial charge < -0.3 is 10.0 Å². The Bertz CT molecular complexity index is 581. The zero-order valence-corrected chi connectivity index (χ0v) is 12.6. The summed E-state index contributed by atoms with van der Waals surface area (Å²) in [6.45, 7) is 4.03. The minimum Gasteiger partial charge on any atom is -0.478 e. The van der Waals surface area contributed by atoms with Crippen molar-refractivity contribution in [3.05, 3.63) is 32.8 Å². The number of carboxylic acid groups (broad SMARTS) is 1. The summed E-state index contributed by atoms with van der Waals surface area (Å²) in [5, 5.41) is 20.4. The number of aromatic carboxylic acids is 1. The summed E-state index contributed by atoms with van der Waals surface area (Å²) in [4.78, 5) is 23.7. The fraction of sp³-hybridized carbons (Fsp3) is 0.500. The molecule has 0 bridgehead atoms. The Morgan fingerprint density at radius 1 is 1.38 bits per heavy atom. The highest BCUT2D eigenvalue weighted by Crippen LogP contribution is 2.39. The van der Waals surface area contributed by atoms with E-state index in [2.05, 4.69) is 0 Å². The van der Waals surface area contributed by atoms with Gasteiger partial charge in [0.1, 0.15) is 0 Å². The molecular formula is C14H17ClN2O4. The minimum absolute atomic E-state index is 0.113. The average Bonchev–Trinajstić information content (AvgIpc) is 2.39. The molecule has 1 aromatic carbocycles. The number of nitrogens with zero attached hydrogens (tertiary/aromatic N) is 2. The third-order valence-electron chi connectivity index (χ3n) is 3.94. The lowest BCUT2D eigenvalue weighted by Gasteiger charge is -2.41. The molecule has 0 aromatic heterocycles. The quantitative estimate of drug-likeness (QED) is 0.679. The van der Waals surface area contributed by atoms with E-state index < -0.39 is 10.9 Å². The average molecular weight is 313 g/mol. The molecule has 0 spiro atoms. The van der Waals surface area contributed by atoms with Gasteiger partial charge in [0.25, 0.3) is 5.69 Å². The minimum atomic E-state index is -1.21. The summed E-state index contributed by atoms with van der Waals surface area (Å²) >= 11 is 6.18. The molecule has 1 aliphatic rings. The zero-order valence-electron chi connectivity index (χ0n) is 11.9. The summed E-state index contributed by atoms with van der Waals surface area (Å²) in [6, 6.07) is 2.59. The van der Waals surface area contributed by atoms with Crippen LogP contribution in [0.3, 0.4) is 0 Å². The van der Waals surface area contributed by atoms with Crippen molar-refractivity contribution in [3.63, 3.8) is 0 Å². The number of nitro benzene ring substituents is 1. The SMILES string of the molecule is C[C@@H]1CCC[C@H](C)N1c1c(Cl)cc([N+](=O)[O-])cc1C(=O)O. The molecule has 21 heavy (non-hydrogen) atoms. The monoisotopic (exact) mass is 312 g/mol. The van der Waals surface area contributed by atoms with Crippen LogP contribution in [0, 0.1) is 10.1 Å². The summed E-state index contributed by atoms with van der Waals surface area (Å²) < 4.78 is 0. The van der Waals surface area contributed by atoms with Gasteiger partial charge in [-0.1, -0.05) is 11.6 Å². The fourth-order valence-corrected chi connectivity index (χ4v) is 3.29. The fourth-order valence-electron chi connectivity index (χ4n) is 2.98. The van der Waals surface area contributed by atoms with Gasteiger partial charge in [-0.15, -0.1) is 0 Å². The highest BCUT2D eigenvalue weighted by Gasteiger charge is 2.31. The number of hydrogen-bond acceptors (Lipinski definition) is 4. The predicted octanol–water partition coefficient (Wildman–Crippen LogP) is 3.71. The number of halogens is 1. The molecule has 6 nitrogen and oxygen atoms in total. The van der Waals surface area contributed by atoms with Crippen LogP contribution in [-0.2, 0) is 0 Å². The second kappa shape index (κ2) is 5.89. The van der Waals surface area contributed by atoms with E-state index in [1.165, 1.54) is 6.07 Å². The molecule has 0 aliphatic carbocycles. The van der Waals surface area contributed by atoms with Gasteiger partial charge in [-0.05, 0) is 33.1 Å². The van der Waals surface area contributed by atoms with Crippen LogP contribution in [0.4, 0.5) is 11.4 Å². The van der Waals surface area contributed by atoms with Gasteiger partial charge in [-0.2, -0.15) is 0 Å². The number of nitro groups is 1. The Morgan fingerprint density at radius 2 is 1.95 bits per heavy atom. The second-order valence-electron chi connectivity index (χ2n) is 5.42. The predicted molar refractivity (Wildman–Crippen MR) is 80.3 cm³/mol. The van der Waals surface area contributed by atoms with Gasteiger partial charge in [0.15, 0.2) is 0 Å². The molecular weight excluding hydrogens is 296 g/mol. The molecule has 2 rings (SSSR count). The number of anilines is 1. The van der Waals surface area contributed by atoms with Crippen LogP contribution in [0.2, 0.25) is 5.02 Å². The molecule has 1 fully saturated rings. The second-order valence-corrected chi connectivity index (χ2v) is 5.83. The van der Waals surface area contributed by atoms with E-state index in [4.69, 9.17) is 11.6 Å². The van der Waals surface area contributed by atoms with Crippen LogP contribution in [0.5, 0.6) is 0 Å². The maximum Gasteiger partial charge on any atom is 0.338 e. The van der Waals surface area contributed by atoms with E-state index >= 15 is 0 Å². The van der Waals surface area contributed by atoms with Crippen molar-refractivity contribution in [2.45, 2.75) is 45.2 Å². The number of benzene rings is 1. The molecule has 0 saturated carbocycles. The molecule has 0 unspecified atom stereocenters. The molecule has 1 saturated heterocycles. The number of hydrogen-bond donors (Lipinski definition) is 1. The highest BCUT2D eigenvalue weighted by atomic mass is 35.5. The lowest BCUT2D eigenvalue weighted by Crippen LogP contribution is -2.44. The van der Waals surface area contributed by atoms with Crippen LogP contribution >= 0.6 is 11.6 Å². The molecule has 0 radical (unpaired) electrons. The van der Waals surface area contributed by atoms with Crippen molar-refractivity contribution in [3.8, 4) is 0 Å². The molecule has 1 N–H and O–H groups in total. The first-order valence-corrected chi connectivity index (χ1v) is 7.20. The van der Waals surface area contributed by atoms with Crippen LogP contribution in [-0.4, -0.2) is 28.1 Å². The lowest BCUT2D eigenvalue weighted by molar-refractivity contribution is -0.384. The van der Waals surface area contributed by atoms with Crippen molar-refractivity contribution in [2.24, 2.45) is 0 Å². The van der Waals surface area contributed by atoms with Gasteiger partial charge >= 0.3 is 5.97 Å². The van der Waals surface area contributed by atoms with E-state index in [0.717, 1.165) is 25.3 Å².